The molecule has 1 aliphatic heterocycles. The number of likely N-dealkylation sites (N-methyl/N-ethyl adjacent to an activating group) is 1. The first-order valence-corrected chi connectivity index (χ1v) is 8.90. The molecule has 1 atom stereocenters. The van der Waals surface area contributed by atoms with Crippen LogP contribution in [0.25, 0.3) is 0 Å². The third-order valence-electron chi connectivity index (χ3n) is 4.88. The predicted octanol–water partition coefficient (Wildman–Crippen LogP) is 2.00. The predicted molar refractivity (Wildman–Crippen MR) is 102 cm³/mol. The third kappa shape index (κ3) is 4.45. The maximum absolute atomic E-state index is 4.60. The van der Waals surface area contributed by atoms with Gasteiger partial charge in [-0.1, -0.05) is 6.07 Å². The Balaban J connectivity index is 1.56. The highest BCUT2D eigenvalue weighted by atomic mass is 15.3. The molecule has 3 heterocycles. The van der Waals surface area contributed by atoms with Crippen molar-refractivity contribution >= 4 is 11.6 Å². The molecule has 6 heteroatoms. The number of aryl methyl sites for hydroxylation is 1. The van der Waals surface area contributed by atoms with Crippen molar-refractivity contribution in [2.75, 3.05) is 50.6 Å². The lowest BCUT2D eigenvalue weighted by Crippen LogP contribution is -2.35. The second-order valence-corrected chi connectivity index (χ2v) is 7.00. The number of nitrogens with zero attached hydrogens (tertiary/aromatic N) is 6. The summed E-state index contributed by atoms with van der Waals surface area (Å²) in [5.74, 6) is 1.93. The Hall–Kier alpha value is -2.21. The fraction of sp³-hybridized carbons (Fsp3) is 0.526. The molecule has 0 N–H and O–H groups in total. The molecule has 1 aliphatic rings. The average molecular weight is 340 g/mol. The van der Waals surface area contributed by atoms with Crippen molar-refractivity contribution in [2.45, 2.75) is 25.8 Å². The minimum atomic E-state index is 0.496. The summed E-state index contributed by atoms with van der Waals surface area (Å²) in [6.45, 7) is 5.32. The Morgan fingerprint density at radius 1 is 1.16 bits per heavy atom. The Morgan fingerprint density at radius 3 is 2.72 bits per heavy atom. The largest absolute Gasteiger partial charge is 0.363 e. The van der Waals surface area contributed by atoms with Gasteiger partial charge in [0.05, 0.1) is 0 Å². The summed E-state index contributed by atoms with van der Waals surface area (Å²) in [5.41, 5.74) is 2.28. The molecule has 0 spiro atoms. The molecule has 3 rings (SSSR count). The SMILES string of the molecule is Cc1cccc(CCN2CCC(N(C)c3cc(N(C)C)ncn3)C2)n1. The second-order valence-electron chi connectivity index (χ2n) is 7.00. The fourth-order valence-corrected chi connectivity index (χ4v) is 3.30. The van der Waals surface area contributed by atoms with E-state index in [1.54, 1.807) is 6.33 Å². The minimum Gasteiger partial charge on any atom is -0.363 e. The zero-order valence-electron chi connectivity index (χ0n) is 15.7. The van der Waals surface area contributed by atoms with Crippen LogP contribution in [0.2, 0.25) is 0 Å². The van der Waals surface area contributed by atoms with Crippen molar-refractivity contribution in [2.24, 2.45) is 0 Å². The second kappa shape index (κ2) is 7.78. The highest BCUT2D eigenvalue weighted by Gasteiger charge is 2.26. The molecule has 1 fully saturated rings. The van der Waals surface area contributed by atoms with E-state index in [-0.39, 0.29) is 0 Å². The van der Waals surface area contributed by atoms with Crippen molar-refractivity contribution in [3.05, 3.63) is 42.0 Å². The maximum atomic E-state index is 4.60. The van der Waals surface area contributed by atoms with Crippen LogP contribution in [0.4, 0.5) is 11.6 Å². The molecule has 6 nitrogen and oxygen atoms in total. The molecule has 0 aliphatic carbocycles. The van der Waals surface area contributed by atoms with Crippen LogP contribution in [0, 0.1) is 6.92 Å². The van der Waals surface area contributed by atoms with Gasteiger partial charge in [0, 0.05) is 70.7 Å². The van der Waals surface area contributed by atoms with E-state index in [0.29, 0.717) is 6.04 Å². The fourth-order valence-electron chi connectivity index (χ4n) is 3.30. The van der Waals surface area contributed by atoms with Crippen LogP contribution in [-0.4, -0.2) is 66.7 Å². The lowest BCUT2D eigenvalue weighted by atomic mass is 10.2. The Kier molecular flexibility index (Phi) is 5.48. The molecule has 0 aromatic carbocycles. The summed E-state index contributed by atoms with van der Waals surface area (Å²) < 4.78 is 0. The highest BCUT2D eigenvalue weighted by Crippen LogP contribution is 2.22. The Labute approximate surface area is 150 Å². The summed E-state index contributed by atoms with van der Waals surface area (Å²) in [6, 6.07) is 8.81. The summed E-state index contributed by atoms with van der Waals surface area (Å²) in [7, 11) is 6.14. The maximum Gasteiger partial charge on any atom is 0.134 e. The van der Waals surface area contributed by atoms with Gasteiger partial charge in [-0.3, -0.25) is 4.98 Å². The number of pyridine rings is 1. The number of rotatable bonds is 6. The number of anilines is 2. The van der Waals surface area contributed by atoms with Gasteiger partial charge in [0.25, 0.3) is 0 Å². The first-order valence-electron chi connectivity index (χ1n) is 8.90. The van der Waals surface area contributed by atoms with E-state index >= 15 is 0 Å². The van der Waals surface area contributed by atoms with Crippen LogP contribution in [0.5, 0.6) is 0 Å². The van der Waals surface area contributed by atoms with Crippen LogP contribution >= 0.6 is 0 Å². The van der Waals surface area contributed by atoms with E-state index in [2.05, 4.69) is 50.0 Å². The zero-order valence-corrected chi connectivity index (χ0v) is 15.7. The average Bonchev–Trinajstić information content (AvgIpc) is 3.08. The topological polar surface area (TPSA) is 48.4 Å². The molecule has 1 unspecified atom stereocenters. The van der Waals surface area contributed by atoms with Crippen LogP contribution in [0.3, 0.4) is 0 Å². The number of hydrogen-bond acceptors (Lipinski definition) is 6. The van der Waals surface area contributed by atoms with Crippen LogP contribution in [0.15, 0.2) is 30.6 Å². The standard InChI is InChI=1S/C19H28N6/c1-15-6-5-7-16(22-15)8-10-25-11-9-17(13-25)24(4)19-12-18(23(2)3)20-14-21-19/h5-7,12,14,17H,8-11,13H2,1-4H3. The van der Waals surface area contributed by atoms with Crippen LogP contribution in [0.1, 0.15) is 17.8 Å². The lowest BCUT2D eigenvalue weighted by molar-refractivity contribution is 0.336. The van der Waals surface area contributed by atoms with Crippen molar-refractivity contribution in [1.82, 2.24) is 19.9 Å². The molecule has 2 aromatic heterocycles. The first kappa shape index (κ1) is 17.6. The van der Waals surface area contributed by atoms with Gasteiger partial charge in [0.2, 0.25) is 0 Å². The van der Waals surface area contributed by atoms with Gasteiger partial charge in [0.15, 0.2) is 0 Å². The van der Waals surface area contributed by atoms with Crippen LogP contribution in [-0.2, 0) is 6.42 Å². The summed E-state index contributed by atoms with van der Waals surface area (Å²) in [6.07, 6.45) is 3.83. The van der Waals surface area contributed by atoms with Gasteiger partial charge in [-0.2, -0.15) is 0 Å². The molecule has 134 valence electrons. The Morgan fingerprint density at radius 2 is 1.96 bits per heavy atom. The van der Waals surface area contributed by atoms with E-state index < -0.39 is 0 Å². The zero-order chi connectivity index (χ0) is 17.8. The van der Waals surface area contributed by atoms with Crippen molar-refractivity contribution in [3.8, 4) is 0 Å². The van der Waals surface area contributed by atoms with Gasteiger partial charge in [-0.15, -0.1) is 0 Å². The third-order valence-corrected chi connectivity index (χ3v) is 4.88. The summed E-state index contributed by atoms with van der Waals surface area (Å²) in [4.78, 5) is 20.2. The van der Waals surface area contributed by atoms with E-state index in [1.165, 1.54) is 12.1 Å². The molecule has 0 bridgehead atoms. The smallest absolute Gasteiger partial charge is 0.134 e. The van der Waals surface area contributed by atoms with Gasteiger partial charge in [0.1, 0.15) is 18.0 Å². The first-order chi connectivity index (χ1) is 12.0. The lowest BCUT2D eigenvalue weighted by Gasteiger charge is -2.26. The molecule has 0 radical (unpaired) electrons. The normalized spacial score (nSPS) is 17.7. The van der Waals surface area contributed by atoms with Crippen LogP contribution < -0.4 is 9.80 Å². The summed E-state index contributed by atoms with van der Waals surface area (Å²) in [5, 5.41) is 0. The quantitative estimate of drug-likeness (QED) is 0.802. The molecule has 2 aromatic rings. The van der Waals surface area contributed by atoms with Crippen molar-refractivity contribution in [3.63, 3.8) is 0 Å². The van der Waals surface area contributed by atoms with Gasteiger partial charge in [-0.05, 0) is 25.5 Å². The number of hydrogen-bond donors (Lipinski definition) is 0. The van der Waals surface area contributed by atoms with E-state index in [4.69, 9.17) is 0 Å². The molecule has 0 amide bonds. The highest BCUT2D eigenvalue weighted by molar-refractivity contribution is 5.49. The number of likely N-dealkylation sites (tertiary alicyclic amines) is 1. The van der Waals surface area contributed by atoms with E-state index in [1.807, 2.05) is 32.0 Å². The Bertz CT molecular complexity index is 702. The van der Waals surface area contributed by atoms with Gasteiger partial charge >= 0.3 is 0 Å². The molecule has 0 saturated carbocycles. The molecular weight excluding hydrogens is 312 g/mol. The van der Waals surface area contributed by atoms with E-state index in [0.717, 1.165) is 43.4 Å². The summed E-state index contributed by atoms with van der Waals surface area (Å²) >= 11 is 0. The van der Waals surface area contributed by atoms with Crippen molar-refractivity contribution < 1.29 is 0 Å². The van der Waals surface area contributed by atoms with Crippen molar-refractivity contribution in [1.29, 1.82) is 0 Å². The number of aromatic nitrogens is 3. The van der Waals surface area contributed by atoms with Gasteiger partial charge in [-0.25, -0.2) is 9.97 Å². The minimum absolute atomic E-state index is 0.496. The monoisotopic (exact) mass is 340 g/mol. The van der Waals surface area contributed by atoms with Gasteiger partial charge < -0.3 is 14.7 Å². The molecule has 1 saturated heterocycles. The van der Waals surface area contributed by atoms with E-state index in [9.17, 15) is 0 Å². The molecule has 25 heavy (non-hydrogen) atoms. The molecular formula is C19H28N6.